The molecule has 3 aromatic heterocycles. The van der Waals surface area contributed by atoms with Crippen molar-refractivity contribution in [1.82, 2.24) is 24.6 Å². The Morgan fingerprint density at radius 2 is 1.72 bits per heavy atom. The molecule has 0 saturated carbocycles. The van der Waals surface area contributed by atoms with Gasteiger partial charge in [-0.25, -0.2) is 9.97 Å². The van der Waals surface area contributed by atoms with Crippen molar-refractivity contribution < 1.29 is 0 Å². The third-order valence-electron chi connectivity index (χ3n) is 5.82. The van der Waals surface area contributed by atoms with Gasteiger partial charge in [0.05, 0.1) is 6.20 Å². The van der Waals surface area contributed by atoms with Gasteiger partial charge >= 0.3 is 0 Å². The van der Waals surface area contributed by atoms with Gasteiger partial charge in [-0.15, -0.1) is 0 Å². The monoisotopic (exact) mass is 390 g/mol. The molecule has 0 radical (unpaired) electrons. The zero-order valence-electron chi connectivity index (χ0n) is 17.6. The summed E-state index contributed by atoms with van der Waals surface area (Å²) < 4.78 is 2.08. The van der Waals surface area contributed by atoms with Gasteiger partial charge in [-0.2, -0.15) is 5.10 Å². The highest BCUT2D eigenvalue weighted by molar-refractivity contribution is 5.51. The number of likely N-dealkylation sites (tertiary alicyclic amines) is 1. The number of aromatic nitrogens is 4. The molecule has 1 fully saturated rings. The molecule has 6 nitrogen and oxygen atoms in total. The second-order valence-corrected chi connectivity index (χ2v) is 7.86. The molecule has 1 aliphatic heterocycles. The van der Waals surface area contributed by atoms with Crippen LogP contribution < -0.4 is 5.32 Å². The van der Waals surface area contributed by atoms with Crippen LogP contribution in [0.25, 0.3) is 0 Å². The van der Waals surface area contributed by atoms with Crippen molar-refractivity contribution in [2.24, 2.45) is 0 Å². The summed E-state index contributed by atoms with van der Waals surface area (Å²) in [5, 5.41) is 7.82. The van der Waals surface area contributed by atoms with E-state index in [1.807, 2.05) is 37.4 Å². The number of nitrogens with zero attached hydrogens (tertiary/aromatic N) is 5. The number of hydrogen-bond acceptors (Lipinski definition) is 5. The number of pyridine rings is 2. The van der Waals surface area contributed by atoms with Crippen molar-refractivity contribution in [3.05, 3.63) is 65.2 Å². The van der Waals surface area contributed by atoms with Gasteiger partial charge in [0.2, 0.25) is 0 Å². The molecule has 0 amide bonds. The van der Waals surface area contributed by atoms with Gasteiger partial charge < -0.3 is 5.32 Å². The van der Waals surface area contributed by atoms with Crippen LogP contribution in [0.4, 0.5) is 11.6 Å². The summed E-state index contributed by atoms with van der Waals surface area (Å²) in [6, 6.07) is 12.2. The Hall–Kier alpha value is -2.73. The largest absolute Gasteiger partial charge is 0.325 e. The van der Waals surface area contributed by atoms with E-state index in [1.54, 1.807) is 0 Å². The number of hydrogen-bond donors (Lipinski definition) is 1. The first-order chi connectivity index (χ1) is 14.1. The van der Waals surface area contributed by atoms with Crippen LogP contribution in [0.2, 0.25) is 0 Å². The predicted molar refractivity (Wildman–Crippen MR) is 116 cm³/mol. The van der Waals surface area contributed by atoms with Crippen LogP contribution in [0.5, 0.6) is 0 Å². The molecule has 0 atom stereocenters. The average Bonchev–Trinajstić information content (AvgIpc) is 3.08. The van der Waals surface area contributed by atoms with E-state index in [1.165, 1.54) is 17.0 Å². The van der Waals surface area contributed by atoms with E-state index in [0.29, 0.717) is 5.92 Å². The van der Waals surface area contributed by atoms with Gasteiger partial charge in [0.15, 0.2) is 0 Å². The summed E-state index contributed by atoms with van der Waals surface area (Å²) >= 11 is 0. The SMILES string of the molecule is CCn1ncc(CN2CCC(c3cccc(Nc4cccc(C)n4)n3)CC2)c1C. The number of nitrogens with one attached hydrogen (secondary N) is 1. The van der Waals surface area contributed by atoms with Crippen molar-refractivity contribution in [3.63, 3.8) is 0 Å². The molecule has 29 heavy (non-hydrogen) atoms. The fraction of sp³-hybridized carbons (Fsp3) is 0.435. The molecule has 0 spiro atoms. The van der Waals surface area contributed by atoms with Crippen LogP contribution in [-0.2, 0) is 13.1 Å². The molecule has 4 heterocycles. The predicted octanol–water partition coefficient (Wildman–Crippen LogP) is 4.43. The second-order valence-electron chi connectivity index (χ2n) is 7.86. The molecule has 0 unspecified atom stereocenters. The maximum Gasteiger partial charge on any atom is 0.131 e. The first kappa shape index (κ1) is 19.6. The molecule has 1 N–H and O–H groups in total. The molecular formula is C23H30N6. The van der Waals surface area contributed by atoms with Gasteiger partial charge in [0.1, 0.15) is 11.6 Å². The van der Waals surface area contributed by atoms with Crippen molar-refractivity contribution >= 4 is 11.6 Å². The van der Waals surface area contributed by atoms with Gasteiger partial charge in [0.25, 0.3) is 0 Å². The Labute approximate surface area is 173 Å². The molecule has 152 valence electrons. The van der Waals surface area contributed by atoms with E-state index < -0.39 is 0 Å². The Kier molecular flexibility index (Phi) is 5.90. The minimum absolute atomic E-state index is 0.512. The second kappa shape index (κ2) is 8.74. The number of rotatable bonds is 6. The topological polar surface area (TPSA) is 58.9 Å². The van der Waals surface area contributed by atoms with E-state index in [4.69, 9.17) is 4.98 Å². The standard InChI is InChI=1S/C23H30N6/c1-4-29-18(3)20(15-24-29)16-28-13-11-19(12-14-28)21-8-6-10-23(26-21)27-22-9-5-7-17(2)25-22/h5-10,15,19H,4,11-14,16H2,1-3H3,(H,25,26,27). The van der Waals surface area contributed by atoms with E-state index in [-0.39, 0.29) is 0 Å². The summed E-state index contributed by atoms with van der Waals surface area (Å²) in [5.41, 5.74) is 4.82. The van der Waals surface area contributed by atoms with Crippen LogP contribution in [-0.4, -0.2) is 37.7 Å². The van der Waals surface area contributed by atoms with Crippen LogP contribution in [0, 0.1) is 13.8 Å². The Morgan fingerprint density at radius 3 is 2.41 bits per heavy atom. The van der Waals surface area contributed by atoms with E-state index >= 15 is 0 Å². The van der Waals surface area contributed by atoms with Crippen molar-refractivity contribution in [2.45, 2.75) is 52.6 Å². The van der Waals surface area contributed by atoms with Gasteiger partial charge in [0, 0.05) is 41.7 Å². The van der Waals surface area contributed by atoms with Gasteiger partial charge in [-0.05, 0) is 71.0 Å². The fourth-order valence-electron chi connectivity index (χ4n) is 4.08. The van der Waals surface area contributed by atoms with Crippen molar-refractivity contribution in [2.75, 3.05) is 18.4 Å². The summed E-state index contributed by atoms with van der Waals surface area (Å²) in [4.78, 5) is 11.9. The fourth-order valence-corrected chi connectivity index (χ4v) is 4.08. The smallest absolute Gasteiger partial charge is 0.131 e. The first-order valence-corrected chi connectivity index (χ1v) is 10.5. The van der Waals surface area contributed by atoms with E-state index in [9.17, 15) is 0 Å². The lowest BCUT2D eigenvalue weighted by molar-refractivity contribution is 0.203. The lowest BCUT2D eigenvalue weighted by atomic mass is 9.93. The Balaban J connectivity index is 1.36. The molecule has 0 bridgehead atoms. The molecule has 6 heteroatoms. The normalized spacial score (nSPS) is 15.6. The van der Waals surface area contributed by atoms with E-state index in [0.717, 1.165) is 56.4 Å². The zero-order chi connectivity index (χ0) is 20.2. The minimum Gasteiger partial charge on any atom is -0.325 e. The number of anilines is 2. The van der Waals surface area contributed by atoms with Crippen LogP contribution in [0.1, 0.15) is 48.3 Å². The van der Waals surface area contributed by atoms with Crippen molar-refractivity contribution in [3.8, 4) is 0 Å². The number of piperidine rings is 1. The van der Waals surface area contributed by atoms with E-state index in [2.05, 4.69) is 51.0 Å². The lowest BCUT2D eigenvalue weighted by Gasteiger charge is -2.31. The molecular weight excluding hydrogens is 360 g/mol. The average molecular weight is 391 g/mol. The summed E-state index contributed by atoms with van der Waals surface area (Å²) in [7, 11) is 0. The maximum absolute atomic E-state index is 4.88. The van der Waals surface area contributed by atoms with Crippen molar-refractivity contribution in [1.29, 1.82) is 0 Å². The summed E-state index contributed by atoms with van der Waals surface area (Å²) in [6.07, 6.45) is 4.31. The third kappa shape index (κ3) is 4.65. The first-order valence-electron chi connectivity index (χ1n) is 10.5. The van der Waals surface area contributed by atoms with Crippen LogP contribution >= 0.6 is 0 Å². The van der Waals surface area contributed by atoms with Gasteiger partial charge in [-0.1, -0.05) is 12.1 Å². The minimum atomic E-state index is 0.512. The maximum atomic E-state index is 4.88. The van der Waals surface area contributed by atoms with Crippen LogP contribution in [0.15, 0.2) is 42.6 Å². The summed E-state index contributed by atoms with van der Waals surface area (Å²) in [6.45, 7) is 10.4. The molecule has 0 aliphatic carbocycles. The molecule has 1 aliphatic rings. The van der Waals surface area contributed by atoms with Crippen LogP contribution in [0.3, 0.4) is 0 Å². The molecule has 3 aromatic rings. The zero-order valence-corrected chi connectivity index (χ0v) is 17.6. The van der Waals surface area contributed by atoms with Gasteiger partial charge in [-0.3, -0.25) is 9.58 Å². The highest BCUT2D eigenvalue weighted by atomic mass is 15.3. The number of aryl methyl sites for hydroxylation is 2. The third-order valence-corrected chi connectivity index (χ3v) is 5.82. The molecule has 4 rings (SSSR count). The molecule has 1 saturated heterocycles. The lowest BCUT2D eigenvalue weighted by Crippen LogP contribution is -2.32. The Morgan fingerprint density at radius 1 is 1.00 bits per heavy atom. The Bertz CT molecular complexity index is 956. The molecule has 0 aromatic carbocycles. The summed E-state index contributed by atoms with van der Waals surface area (Å²) in [5.74, 6) is 2.22. The highest BCUT2D eigenvalue weighted by Gasteiger charge is 2.22. The quantitative estimate of drug-likeness (QED) is 0.675. The highest BCUT2D eigenvalue weighted by Crippen LogP contribution is 2.29.